The summed E-state index contributed by atoms with van der Waals surface area (Å²) in [6, 6.07) is 11.9. The number of hydrogen-bond acceptors (Lipinski definition) is 9. The van der Waals surface area contributed by atoms with E-state index in [1.807, 2.05) is 62.8 Å². The second-order valence-electron chi connectivity index (χ2n) is 8.70. The molecule has 36 heavy (non-hydrogen) atoms. The number of hydrogen-bond donors (Lipinski definition) is 1. The number of hydrazine groups is 1. The van der Waals surface area contributed by atoms with Crippen LogP contribution in [0.15, 0.2) is 53.4 Å². The Morgan fingerprint density at radius 2 is 1.86 bits per heavy atom. The number of carbonyl (C=O) groups is 2. The molecule has 1 N–H and O–H groups in total. The number of ether oxygens (including phenoxy) is 1. The molecule has 0 radical (unpaired) electrons. The summed E-state index contributed by atoms with van der Waals surface area (Å²) in [5, 5.41) is 3.75. The third-order valence-corrected chi connectivity index (χ3v) is 7.87. The minimum Gasteiger partial charge on any atom is -0.492 e. The smallest absolute Gasteiger partial charge is 0.275 e. The number of anilines is 1. The van der Waals surface area contributed by atoms with Crippen LogP contribution >= 0.6 is 22.7 Å². The van der Waals surface area contributed by atoms with E-state index in [1.165, 1.54) is 17.4 Å². The van der Waals surface area contributed by atoms with Gasteiger partial charge in [0.15, 0.2) is 11.6 Å². The summed E-state index contributed by atoms with van der Waals surface area (Å²) in [7, 11) is 4.03. The molecule has 4 aromatic rings. The van der Waals surface area contributed by atoms with E-state index in [-0.39, 0.29) is 5.91 Å². The van der Waals surface area contributed by atoms with Crippen molar-refractivity contribution in [1.82, 2.24) is 19.9 Å². The Hall–Kier alpha value is -3.60. The number of aromatic nitrogens is 2. The molecule has 1 aliphatic rings. The first-order chi connectivity index (χ1) is 17.3. The fourth-order valence-corrected chi connectivity index (χ4v) is 5.70. The van der Waals surface area contributed by atoms with E-state index in [1.54, 1.807) is 18.3 Å². The largest absolute Gasteiger partial charge is 0.492 e. The molecule has 1 aromatic carbocycles. The van der Waals surface area contributed by atoms with Crippen molar-refractivity contribution in [2.75, 3.05) is 32.7 Å². The van der Waals surface area contributed by atoms with Gasteiger partial charge >= 0.3 is 0 Å². The monoisotopic (exact) mass is 519 g/mol. The molecule has 0 aliphatic carbocycles. The molecule has 10 heteroatoms. The molecule has 0 atom stereocenters. The fraction of sp³-hybridized carbons (Fsp3) is 0.231. The molecule has 0 bridgehead atoms. The number of fused-ring (bicyclic) bond motifs is 1. The van der Waals surface area contributed by atoms with Crippen molar-refractivity contribution in [2.45, 2.75) is 13.8 Å². The van der Waals surface area contributed by atoms with Gasteiger partial charge in [0.25, 0.3) is 11.8 Å². The minimum atomic E-state index is -0.417. The van der Waals surface area contributed by atoms with Gasteiger partial charge in [-0.2, -0.15) is 5.01 Å². The van der Waals surface area contributed by atoms with Crippen molar-refractivity contribution in [3.8, 4) is 26.9 Å². The van der Waals surface area contributed by atoms with Gasteiger partial charge in [-0.3, -0.25) is 15.0 Å². The molecular formula is C26H25N5O3S2. The Morgan fingerprint density at radius 1 is 1.08 bits per heavy atom. The highest BCUT2D eigenvalue weighted by Gasteiger charge is 2.30. The van der Waals surface area contributed by atoms with Crippen LogP contribution in [0.1, 0.15) is 12.5 Å². The van der Waals surface area contributed by atoms with Crippen molar-refractivity contribution in [3.63, 3.8) is 0 Å². The first kappa shape index (κ1) is 24.1. The van der Waals surface area contributed by atoms with Crippen LogP contribution in [0.5, 0.6) is 5.75 Å². The molecule has 0 saturated heterocycles. The molecule has 2 amide bonds. The fourth-order valence-electron chi connectivity index (χ4n) is 3.86. The van der Waals surface area contributed by atoms with Crippen LogP contribution in [0.3, 0.4) is 0 Å². The second kappa shape index (κ2) is 9.81. The molecule has 184 valence electrons. The van der Waals surface area contributed by atoms with E-state index in [4.69, 9.17) is 14.7 Å². The van der Waals surface area contributed by atoms with Gasteiger partial charge in [-0.15, -0.1) is 22.7 Å². The van der Waals surface area contributed by atoms with Crippen molar-refractivity contribution in [2.24, 2.45) is 0 Å². The summed E-state index contributed by atoms with van der Waals surface area (Å²) in [5.74, 6) is 0.982. The van der Waals surface area contributed by atoms with Gasteiger partial charge in [0.1, 0.15) is 17.2 Å². The van der Waals surface area contributed by atoms with Crippen molar-refractivity contribution < 1.29 is 14.3 Å². The maximum absolute atomic E-state index is 12.5. The normalized spacial score (nSPS) is 13.7. The highest BCUT2D eigenvalue weighted by Crippen LogP contribution is 2.42. The van der Waals surface area contributed by atoms with Crippen molar-refractivity contribution in [1.29, 1.82) is 0 Å². The summed E-state index contributed by atoms with van der Waals surface area (Å²) >= 11 is 3.09. The zero-order valence-electron chi connectivity index (χ0n) is 20.4. The Bertz CT molecular complexity index is 1470. The predicted octanol–water partition coefficient (Wildman–Crippen LogP) is 4.98. The summed E-state index contributed by atoms with van der Waals surface area (Å²) in [6.45, 7) is 5.09. The molecule has 1 aliphatic heterocycles. The van der Waals surface area contributed by atoms with Gasteiger partial charge in [-0.25, -0.2) is 9.97 Å². The number of amides is 2. The number of likely N-dealkylation sites (N-methyl/N-ethyl adjacent to an activating group) is 1. The Labute approximate surface area is 216 Å². The molecule has 5 rings (SSSR count). The standard InChI is InChI=1S/C26H25N5O3S2/c1-15-14-20(32)31(26(15)33)29-24-21-16(2)22(17-7-9-18(10-8-17)34-12-11-30(3)4)36-25(21)28-23(27-24)19-6-5-13-35-19/h5-10,13-14H,11-12H2,1-4H3,(H,27,28,29). The van der Waals surface area contributed by atoms with Crippen LogP contribution in [0.2, 0.25) is 0 Å². The number of benzene rings is 1. The van der Waals surface area contributed by atoms with Crippen LogP contribution in [0.25, 0.3) is 31.4 Å². The van der Waals surface area contributed by atoms with E-state index in [0.29, 0.717) is 23.8 Å². The van der Waals surface area contributed by atoms with Gasteiger partial charge in [0.2, 0.25) is 0 Å². The van der Waals surface area contributed by atoms with Crippen molar-refractivity contribution >= 4 is 50.5 Å². The Balaban J connectivity index is 1.54. The van der Waals surface area contributed by atoms with Crippen LogP contribution in [-0.4, -0.2) is 58.9 Å². The van der Waals surface area contributed by atoms with E-state index in [0.717, 1.165) is 48.4 Å². The first-order valence-corrected chi connectivity index (χ1v) is 13.1. The number of nitrogens with one attached hydrogen (secondary N) is 1. The van der Waals surface area contributed by atoms with E-state index < -0.39 is 5.91 Å². The number of thiophene rings is 2. The SMILES string of the molecule is CC1=CC(=O)N(Nc2nc(-c3cccs3)nc3sc(-c4ccc(OCCN(C)C)cc4)c(C)c23)C1=O. The average Bonchev–Trinajstić information content (AvgIpc) is 3.55. The van der Waals surface area contributed by atoms with Crippen LogP contribution in [0, 0.1) is 6.92 Å². The molecule has 3 aromatic heterocycles. The maximum atomic E-state index is 12.5. The van der Waals surface area contributed by atoms with Gasteiger partial charge in [-0.05, 0) is 74.8 Å². The Kier molecular flexibility index (Phi) is 6.57. The lowest BCUT2D eigenvalue weighted by Crippen LogP contribution is -2.36. The average molecular weight is 520 g/mol. The molecule has 0 fully saturated rings. The van der Waals surface area contributed by atoms with Gasteiger partial charge in [0, 0.05) is 23.1 Å². The number of aryl methyl sites for hydroxylation is 1. The Morgan fingerprint density at radius 3 is 2.50 bits per heavy atom. The second-order valence-corrected chi connectivity index (χ2v) is 10.7. The van der Waals surface area contributed by atoms with Crippen LogP contribution in [-0.2, 0) is 9.59 Å². The lowest BCUT2D eigenvalue weighted by molar-refractivity contribution is -0.135. The summed E-state index contributed by atoms with van der Waals surface area (Å²) in [4.78, 5) is 39.3. The quantitative estimate of drug-likeness (QED) is 0.329. The van der Waals surface area contributed by atoms with E-state index in [9.17, 15) is 9.59 Å². The summed E-state index contributed by atoms with van der Waals surface area (Å²) < 4.78 is 5.83. The minimum absolute atomic E-state index is 0.381. The topological polar surface area (TPSA) is 87.7 Å². The van der Waals surface area contributed by atoms with Crippen LogP contribution in [0.4, 0.5) is 5.82 Å². The number of nitrogens with zero attached hydrogens (tertiary/aromatic N) is 4. The van der Waals surface area contributed by atoms with Crippen molar-refractivity contribution in [3.05, 3.63) is 59.0 Å². The van der Waals surface area contributed by atoms with E-state index in [2.05, 4.69) is 10.3 Å². The van der Waals surface area contributed by atoms with Gasteiger partial charge in [0.05, 0.1) is 10.3 Å². The molecule has 0 spiro atoms. The van der Waals surface area contributed by atoms with Crippen LogP contribution < -0.4 is 10.2 Å². The molecule has 8 nitrogen and oxygen atoms in total. The first-order valence-electron chi connectivity index (χ1n) is 11.4. The molecular weight excluding hydrogens is 494 g/mol. The predicted molar refractivity (Wildman–Crippen MR) is 144 cm³/mol. The zero-order chi connectivity index (χ0) is 25.4. The van der Waals surface area contributed by atoms with Gasteiger partial charge in [-0.1, -0.05) is 6.07 Å². The highest BCUT2D eigenvalue weighted by atomic mass is 32.1. The molecule has 0 unspecified atom stereocenters. The molecule has 0 saturated carbocycles. The van der Waals surface area contributed by atoms with E-state index >= 15 is 0 Å². The third kappa shape index (κ3) is 4.62. The lowest BCUT2D eigenvalue weighted by Gasteiger charge is -2.17. The zero-order valence-corrected chi connectivity index (χ0v) is 22.0. The third-order valence-electron chi connectivity index (χ3n) is 5.77. The number of rotatable bonds is 8. The number of carbonyl (C=O) groups excluding carboxylic acids is 2. The molecule has 4 heterocycles. The van der Waals surface area contributed by atoms with Gasteiger partial charge < -0.3 is 9.64 Å². The number of imide groups is 1. The maximum Gasteiger partial charge on any atom is 0.275 e. The summed E-state index contributed by atoms with van der Waals surface area (Å²) in [5.41, 5.74) is 5.37. The summed E-state index contributed by atoms with van der Waals surface area (Å²) in [6.07, 6.45) is 1.32. The lowest BCUT2D eigenvalue weighted by atomic mass is 10.1. The highest BCUT2D eigenvalue weighted by molar-refractivity contribution is 7.22.